The van der Waals surface area contributed by atoms with Crippen LogP contribution in [-0.4, -0.2) is 21.6 Å². The van der Waals surface area contributed by atoms with Crippen molar-refractivity contribution >= 4 is 23.2 Å². The van der Waals surface area contributed by atoms with E-state index in [0.29, 0.717) is 0 Å². The van der Waals surface area contributed by atoms with Crippen molar-refractivity contribution < 1.29 is 27.2 Å². The van der Waals surface area contributed by atoms with Gasteiger partial charge in [-0.3, -0.25) is 14.3 Å². The van der Waals surface area contributed by atoms with Gasteiger partial charge in [-0.2, -0.15) is 5.10 Å². The van der Waals surface area contributed by atoms with Crippen molar-refractivity contribution in [2.75, 3.05) is 10.6 Å². The van der Waals surface area contributed by atoms with E-state index in [2.05, 4.69) is 15.7 Å². The van der Waals surface area contributed by atoms with Crippen LogP contribution in [0.5, 0.6) is 0 Å². The first-order valence-corrected chi connectivity index (χ1v) is 8.32. The lowest BCUT2D eigenvalue weighted by molar-refractivity contribution is -0.119. The number of hydrogen-bond acceptors (Lipinski definition) is 3. The highest BCUT2D eigenvalue weighted by Gasteiger charge is 2.20. The molecule has 0 spiro atoms. The number of anilines is 2. The lowest BCUT2D eigenvalue weighted by atomic mass is 10.2. The zero-order chi connectivity index (χ0) is 21.1. The molecule has 10 heteroatoms. The molecule has 2 amide bonds. The Hall–Kier alpha value is -3.69. The zero-order valence-electron chi connectivity index (χ0n) is 14.9. The Morgan fingerprint density at radius 3 is 2.03 bits per heavy atom. The van der Waals surface area contributed by atoms with Crippen LogP contribution in [-0.2, 0) is 4.79 Å². The summed E-state index contributed by atoms with van der Waals surface area (Å²) in [6.45, 7) is 1.42. The van der Waals surface area contributed by atoms with E-state index in [1.807, 2.05) is 0 Å². The van der Waals surface area contributed by atoms with Gasteiger partial charge >= 0.3 is 0 Å². The molecule has 29 heavy (non-hydrogen) atoms. The number of aromatic nitrogens is 2. The van der Waals surface area contributed by atoms with Gasteiger partial charge in [-0.1, -0.05) is 0 Å². The van der Waals surface area contributed by atoms with Gasteiger partial charge in [0.15, 0.2) is 5.69 Å². The van der Waals surface area contributed by atoms with Crippen LogP contribution in [0.25, 0.3) is 0 Å². The molecule has 0 saturated heterocycles. The molecule has 1 atom stereocenters. The van der Waals surface area contributed by atoms with Gasteiger partial charge in [-0.05, 0) is 37.3 Å². The van der Waals surface area contributed by atoms with Gasteiger partial charge in [-0.15, -0.1) is 0 Å². The Balaban J connectivity index is 1.71. The van der Waals surface area contributed by atoms with E-state index >= 15 is 0 Å². The number of amides is 2. The maximum Gasteiger partial charge on any atom is 0.276 e. The Labute approximate surface area is 162 Å². The first-order chi connectivity index (χ1) is 13.7. The molecule has 1 unspecified atom stereocenters. The Morgan fingerprint density at radius 2 is 1.45 bits per heavy atom. The average Bonchev–Trinajstić information content (AvgIpc) is 3.17. The van der Waals surface area contributed by atoms with E-state index in [1.165, 1.54) is 19.2 Å². The first kappa shape index (κ1) is 20.1. The number of nitrogens with one attached hydrogen (secondary N) is 2. The number of benzene rings is 2. The number of nitrogens with zero attached hydrogens (tertiary/aromatic N) is 2. The van der Waals surface area contributed by atoms with Crippen LogP contribution in [0.2, 0.25) is 0 Å². The second kappa shape index (κ2) is 8.13. The third-order valence-corrected chi connectivity index (χ3v) is 3.98. The Morgan fingerprint density at radius 1 is 0.897 bits per heavy atom. The monoisotopic (exact) mass is 406 g/mol. The third-order valence-electron chi connectivity index (χ3n) is 3.98. The fourth-order valence-electron chi connectivity index (χ4n) is 2.41. The van der Waals surface area contributed by atoms with Crippen molar-refractivity contribution in [3.63, 3.8) is 0 Å². The minimum Gasteiger partial charge on any atom is -0.322 e. The van der Waals surface area contributed by atoms with Crippen LogP contribution in [0.3, 0.4) is 0 Å². The van der Waals surface area contributed by atoms with Gasteiger partial charge in [0.1, 0.15) is 29.3 Å². The average molecular weight is 406 g/mol. The van der Waals surface area contributed by atoms with Gasteiger partial charge in [0.2, 0.25) is 5.91 Å². The van der Waals surface area contributed by atoms with E-state index in [1.54, 1.807) is 0 Å². The molecule has 0 aliphatic carbocycles. The van der Waals surface area contributed by atoms with Crippen molar-refractivity contribution in [2.45, 2.75) is 13.0 Å². The van der Waals surface area contributed by atoms with Crippen molar-refractivity contribution in [3.05, 3.63) is 77.6 Å². The van der Waals surface area contributed by atoms with E-state index in [0.717, 1.165) is 41.1 Å². The molecule has 0 aliphatic rings. The second-order valence-electron chi connectivity index (χ2n) is 6.05. The molecule has 1 heterocycles. The van der Waals surface area contributed by atoms with Gasteiger partial charge in [0, 0.05) is 18.3 Å². The molecule has 2 N–H and O–H groups in total. The summed E-state index contributed by atoms with van der Waals surface area (Å²) < 4.78 is 54.8. The van der Waals surface area contributed by atoms with Gasteiger partial charge in [-0.25, -0.2) is 17.6 Å². The smallest absolute Gasteiger partial charge is 0.276 e. The maximum atomic E-state index is 13.7. The quantitative estimate of drug-likeness (QED) is 0.632. The zero-order valence-corrected chi connectivity index (χ0v) is 14.9. The highest BCUT2D eigenvalue weighted by Crippen LogP contribution is 2.19. The van der Waals surface area contributed by atoms with E-state index in [-0.39, 0.29) is 17.1 Å². The SMILES string of the molecule is CC(C(=O)Nc1cc(F)ccc1F)n1ccc(C(=O)Nc2cc(F)ccc2F)n1. The number of halogens is 4. The molecule has 2 aromatic carbocycles. The predicted octanol–water partition coefficient (Wildman–Crippen LogP) is 3.89. The first-order valence-electron chi connectivity index (χ1n) is 8.32. The lowest BCUT2D eigenvalue weighted by Gasteiger charge is -2.13. The molecule has 150 valence electrons. The summed E-state index contributed by atoms with van der Waals surface area (Å²) >= 11 is 0. The van der Waals surface area contributed by atoms with Crippen LogP contribution in [0.4, 0.5) is 28.9 Å². The molecule has 6 nitrogen and oxygen atoms in total. The van der Waals surface area contributed by atoms with Crippen molar-refractivity contribution in [3.8, 4) is 0 Å². The van der Waals surface area contributed by atoms with Crippen molar-refractivity contribution in [1.82, 2.24) is 9.78 Å². The van der Waals surface area contributed by atoms with E-state index in [9.17, 15) is 27.2 Å². The fourth-order valence-corrected chi connectivity index (χ4v) is 2.41. The molecule has 1 aromatic heterocycles. The van der Waals surface area contributed by atoms with Crippen LogP contribution in [0.1, 0.15) is 23.5 Å². The van der Waals surface area contributed by atoms with Crippen molar-refractivity contribution in [1.29, 1.82) is 0 Å². The number of rotatable bonds is 5. The minimum absolute atomic E-state index is 0.162. The van der Waals surface area contributed by atoms with Crippen LogP contribution >= 0.6 is 0 Å². The molecule has 0 aliphatic heterocycles. The van der Waals surface area contributed by atoms with Gasteiger partial charge < -0.3 is 10.6 Å². The Bertz CT molecular complexity index is 1080. The second-order valence-corrected chi connectivity index (χ2v) is 6.05. The van der Waals surface area contributed by atoms with Crippen molar-refractivity contribution in [2.24, 2.45) is 0 Å². The molecule has 3 rings (SSSR count). The van der Waals surface area contributed by atoms with Gasteiger partial charge in [0.05, 0.1) is 11.4 Å². The summed E-state index contributed by atoms with van der Waals surface area (Å²) in [4.78, 5) is 24.5. The van der Waals surface area contributed by atoms with E-state index in [4.69, 9.17) is 0 Å². The minimum atomic E-state index is -0.981. The molecular formula is C19H14F4N4O2. The normalized spacial score (nSPS) is 11.8. The maximum absolute atomic E-state index is 13.7. The number of carbonyl (C=O) groups excluding carboxylic acids is 2. The van der Waals surface area contributed by atoms with Crippen LogP contribution in [0.15, 0.2) is 48.7 Å². The molecule has 0 radical (unpaired) electrons. The highest BCUT2D eigenvalue weighted by molar-refractivity contribution is 6.03. The molecule has 3 aromatic rings. The summed E-state index contributed by atoms with van der Waals surface area (Å²) in [6, 6.07) is 5.47. The van der Waals surface area contributed by atoms with Crippen LogP contribution in [0, 0.1) is 23.3 Å². The van der Waals surface area contributed by atoms with Crippen LogP contribution < -0.4 is 10.6 Å². The number of carbonyl (C=O) groups is 2. The van der Waals surface area contributed by atoms with E-state index < -0.39 is 41.1 Å². The fraction of sp³-hybridized carbons (Fsp3) is 0.105. The summed E-state index contributed by atoms with van der Waals surface area (Å²) in [6.07, 6.45) is 1.31. The molecule has 0 fully saturated rings. The lowest BCUT2D eigenvalue weighted by Crippen LogP contribution is -2.25. The largest absolute Gasteiger partial charge is 0.322 e. The van der Waals surface area contributed by atoms with Gasteiger partial charge in [0.25, 0.3) is 5.91 Å². The molecule has 0 saturated carbocycles. The Kier molecular flexibility index (Phi) is 5.62. The topological polar surface area (TPSA) is 76.0 Å². The summed E-state index contributed by atoms with van der Waals surface area (Å²) in [5, 5.41) is 8.34. The summed E-state index contributed by atoms with van der Waals surface area (Å²) in [5.41, 5.74) is -0.865. The molecule has 0 bridgehead atoms. The summed E-state index contributed by atoms with van der Waals surface area (Å²) in [5.74, 6) is -4.63. The highest BCUT2D eigenvalue weighted by atomic mass is 19.1. The number of hydrogen-bond donors (Lipinski definition) is 2. The third kappa shape index (κ3) is 4.60. The summed E-state index contributed by atoms with van der Waals surface area (Å²) in [7, 11) is 0. The standard InChI is InChI=1S/C19H14F4N4O2/c1-10(18(28)24-16-8-11(20)2-4-13(16)22)27-7-6-15(26-27)19(29)25-17-9-12(21)3-5-14(17)23/h2-10H,1H3,(H,24,28)(H,25,29). The predicted molar refractivity (Wildman–Crippen MR) is 96.2 cm³/mol. The molecular weight excluding hydrogens is 392 g/mol.